The number of rotatable bonds is 9. The Morgan fingerprint density at radius 1 is 1.36 bits per heavy atom. The van der Waals surface area contributed by atoms with Crippen LogP contribution in [0.25, 0.3) is 11.0 Å². The second-order valence-corrected chi connectivity index (χ2v) is 8.39. The molecule has 36 heavy (non-hydrogen) atoms. The van der Waals surface area contributed by atoms with Gasteiger partial charge in [0, 0.05) is 36.8 Å². The van der Waals surface area contributed by atoms with Crippen molar-refractivity contribution in [3.8, 4) is 18.1 Å². The van der Waals surface area contributed by atoms with Gasteiger partial charge in [-0.1, -0.05) is 0 Å². The number of carboxylic acid groups (broad SMARTS) is 1. The monoisotopic (exact) mass is 507 g/mol. The number of hydrogen-bond donors (Lipinski definition) is 5. The van der Waals surface area contributed by atoms with Crippen molar-refractivity contribution in [3.05, 3.63) is 40.2 Å². The zero-order chi connectivity index (χ0) is 26.6. The Kier molecular flexibility index (Phi) is 8.31. The zero-order valence-electron chi connectivity index (χ0n) is 19.2. The van der Waals surface area contributed by atoms with Crippen LogP contribution < -0.4 is 15.7 Å². The number of terminal acetylenes is 1. The Bertz CT molecular complexity index is 1220. The summed E-state index contributed by atoms with van der Waals surface area (Å²) in [5.41, 5.74) is -0.0233. The fourth-order valence-corrected chi connectivity index (χ4v) is 3.97. The van der Waals surface area contributed by atoms with Gasteiger partial charge in [0.25, 0.3) is 0 Å². The van der Waals surface area contributed by atoms with Crippen molar-refractivity contribution in [1.29, 1.82) is 0 Å². The Labute approximate surface area is 204 Å². The van der Waals surface area contributed by atoms with Gasteiger partial charge in [0.05, 0.1) is 12.6 Å². The third-order valence-corrected chi connectivity index (χ3v) is 5.83. The molecule has 1 saturated heterocycles. The minimum absolute atomic E-state index is 0.0511. The highest BCUT2D eigenvalue weighted by molar-refractivity contribution is 5.82. The predicted octanol–water partition coefficient (Wildman–Crippen LogP) is 0.000420. The SMILES string of the molecule is C#CCCC(=O)NC1CC(F)C(Oc2ccc3c(C)cc(=O)oc3c2)(C(=O)O)OC1C(O)C(O)CO. The van der Waals surface area contributed by atoms with Crippen LogP contribution in [-0.4, -0.2) is 75.2 Å². The number of ether oxygens (including phenoxy) is 2. The van der Waals surface area contributed by atoms with Gasteiger partial charge in [-0.3, -0.25) is 4.79 Å². The third-order valence-electron chi connectivity index (χ3n) is 5.83. The number of hydrogen-bond acceptors (Lipinski definition) is 9. The first-order valence-corrected chi connectivity index (χ1v) is 11.0. The van der Waals surface area contributed by atoms with Gasteiger partial charge in [0.15, 0.2) is 6.17 Å². The average molecular weight is 507 g/mol. The number of benzene rings is 1. The minimum Gasteiger partial charge on any atom is -0.476 e. The maximum atomic E-state index is 15.5. The normalized spacial score (nSPS) is 25.5. The molecular formula is C24H26FNO10. The zero-order valence-corrected chi connectivity index (χ0v) is 19.2. The maximum Gasteiger partial charge on any atom is 0.380 e. The van der Waals surface area contributed by atoms with E-state index in [9.17, 15) is 34.8 Å². The van der Waals surface area contributed by atoms with Gasteiger partial charge < -0.3 is 39.6 Å². The van der Waals surface area contributed by atoms with Gasteiger partial charge >= 0.3 is 17.4 Å². The summed E-state index contributed by atoms with van der Waals surface area (Å²) in [6.45, 7) is 0.735. The van der Waals surface area contributed by atoms with Gasteiger partial charge in [-0.2, -0.15) is 0 Å². The van der Waals surface area contributed by atoms with E-state index < -0.39 is 66.8 Å². The molecule has 1 aliphatic heterocycles. The molecule has 6 atom stereocenters. The molecule has 0 spiro atoms. The van der Waals surface area contributed by atoms with Crippen LogP contribution in [0.1, 0.15) is 24.8 Å². The number of aliphatic hydroxyl groups excluding tert-OH is 3. The number of aliphatic hydroxyl groups is 3. The van der Waals surface area contributed by atoms with E-state index in [4.69, 9.17) is 20.3 Å². The highest BCUT2D eigenvalue weighted by Gasteiger charge is 2.60. The van der Waals surface area contributed by atoms with E-state index in [1.54, 1.807) is 6.92 Å². The molecule has 2 aromatic rings. The van der Waals surface area contributed by atoms with E-state index in [-0.39, 0.29) is 24.2 Å². The number of amides is 1. The molecule has 0 aliphatic carbocycles. The molecule has 0 bridgehead atoms. The average Bonchev–Trinajstić information content (AvgIpc) is 2.82. The van der Waals surface area contributed by atoms with Gasteiger partial charge in [-0.25, -0.2) is 14.0 Å². The molecule has 1 fully saturated rings. The lowest BCUT2D eigenvalue weighted by Crippen LogP contribution is -2.68. The van der Waals surface area contributed by atoms with Crippen LogP contribution in [-0.2, 0) is 14.3 Å². The number of aryl methyl sites for hydroxylation is 1. The van der Waals surface area contributed by atoms with Gasteiger partial charge in [0.2, 0.25) is 5.91 Å². The van der Waals surface area contributed by atoms with E-state index in [0.29, 0.717) is 10.9 Å². The highest BCUT2D eigenvalue weighted by atomic mass is 19.1. The van der Waals surface area contributed by atoms with Crippen LogP contribution in [0.5, 0.6) is 5.75 Å². The summed E-state index contributed by atoms with van der Waals surface area (Å²) >= 11 is 0. The fraction of sp³-hybridized carbons (Fsp3) is 0.458. The number of halogens is 1. The van der Waals surface area contributed by atoms with E-state index in [1.165, 1.54) is 24.3 Å². The van der Waals surface area contributed by atoms with Crippen LogP contribution in [0.4, 0.5) is 4.39 Å². The summed E-state index contributed by atoms with van der Waals surface area (Å²) in [6, 6.07) is 3.95. The lowest BCUT2D eigenvalue weighted by Gasteiger charge is -2.45. The molecule has 0 saturated carbocycles. The largest absolute Gasteiger partial charge is 0.476 e. The Hall–Kier alpha value is -3.50. The summed E-state index contributed by atoms with van der Waals surface area (Å²) in [6.07, 6.45) is -3.41. The lowest BCUT2D eigenvalue weighted by atomic mass is 9.89. The molecule has 6 unspecified atom stereocenters. The van der Waals surface area contributed by atoms with Crippen molar-refractivity contribution in [2.24, 2.45) is 0 Å². The molecule has 1 aromatic carbocycles. The number of aliphatic carboxylic acids is 1. The first-order chi connectivity index (χ1) is 17.0. The second-order valence-electron chi connectivity index (χ2n) is 8.39. The van der Waals surface area contributed by atoms with Crippen molar-refractivity contribution in [1.82, 2.24) is 5.32 Å². The molecule has 11 nitrogen and oxygen atoms in total. The number of nitrogens with one attached hydrogen (secondary N) is 1. The van der Waals surface area contributed by atoms with E-state index in [0.717, 1.165) is 0 Å². The molecule has 0 radical (unpaired) electrons. The van der Waals surface area contributed by atoms with Crippen molar-refractivity contribution in [2.75, 3.05) is 6.61 Å². The van der Waals surface area contributed by atoms with Gasteiger partial charge in [0.1, 0.15) is 29.6 Å². The molecule has 1 aliphatic rings. The number of carbonyl (C=O) groups is 2. The molecule has 3 rings (SSSR count). The predicted molar refractivity (Wildman–Crippen MR) is 122 cm³/mol. The smallest absolute Gasteiger partial charge is 0.380 e. The summed E-state index contributed by atoms with van der Waals surface area (Å²) in [5, 5.41) is 42.6. The van der Waals surface area contributed by atoms with Crippen LogP contribution >= 0.6 is 0 Å². The maximum absolute atomic E-state index is 15.5. The Morgan fingerprint density at radius 3 is 2.72 bits per heavy atom. The van der Waals surface area contributed by atoms with Crippen molar-refractivity contribution in [2.45, 2.75) is 62.5 Å². The van der Waals surface area contributed by atoms with Crippen LogP contribution in [0.2, 0.25) is 0 Å². The quantitative estimate of drug-likeness (QED) is 0.229. The van der Waals surface area contributed by atoms with E-state index in [2.05, 4.69) is 11.2 Å². The van der Waals surface area contributed by atoms with Crippen LogP contribution in [0, 0.1) is 19.3 Å². The molecule has 12 heteroatoms. The van der Waals surface area contributed by atoms with Crippen LogP contribution in [0.3, 0.4) is 0 Å². The lowest BCUT2D eigenvalue weighted by molar-refractivity contribution is -0.290. The number of carbonyl (C=O) groups excluding carboxylic acids is 1. The van der Waals surface area contributed by atoms with E-state index >= 15 is 4.39 Å². The molecular weight excluding hydrogens is 481 g/mol. The second kappa shape index (κ2) is 11.0. The highest BCUT2D eigenvalue weighted by Crippen LogP contribution is 2.37. The van der Waals surface area contributed by atoms with E-state index in [1.807, 2.05) is 0 Å². The molecule has 1 aromatic heterocycles. The van der Waals surface area contributed by atoms with Crippen LogP contribution in [0.15, 0.2) is 33.5 Å². The molecule has 194 valence electrons. The number of carboxylic acids is 1. The number of fused-ring (bicyclic) bond motifs is 1. The Balaban J connectivity index is 1.98. The van der Waals surface area contributed by atoms with Crippen molar-refractivity contribution < 1.29 is 48.3 Å². The first kappa shape index (κ1) is 27.1. The fourth-order valence-electron chi connectivity index (χ4n) is 3.97. The summed E-state index contributed by atoms with van der Waals surface area (Å²) < 4.78 is 31.5. The molecule has 1 amide bonds. The summed E-state index contributed by atoms with van der Waals surface area (Å²) in [7, 11) is 0. The summed E-state index contributed by atoms with van der Waals surface area (Å²) in [5.74, 6) is -3.49. The summed E-state index contributed by atoms with van der Waals surface area (Å²) in [4.78, 5) is 36.2. The van der Waals surface area contributed by atoms with Gasteiger partial charge in [-0.05, 0) is 24.6 Å². The Morgan fingerprint density at radius 2 is 2.08 bits per heavy atom. The number of alkyl halides is 1. The topological polar surface area (TPSA) is 176 Å². The van der Waals surface area contributed by atoms with Gasteiger partial charge in [-0.15, -0.1) is 12.3 Å². The minimum atomic E-state index is -3.02. The third kappa shape index (κ3) is 5.50. The molecule has 5 N–H and O–H groups in total. The van der Waals surface area contributed by atoms with Crippen molar-refractivity contribution >= 4 is 22.8 Å². The van der Waals surface area contributed by atoms with Crippen molar-refractivity contribution in [3.63, 3.8) is 0 Å². The molecule has 2 heterocycles. The first-order valence-electron chi connectivity index (χ1n) is 11.0. The standard InChI is InChI=1S/C24H26FNO10/c1-3-4-5-19(29)26-15-10-18(25)24(23(32)33,36-22(15)21(31)16(28)11-27)35-13-6-7-14-12(2)8-20(30)34-17(14)9-13/h1,6-9,15-16,18,21-22,27-28,31H,4-5,10-11H2,2H3,(H,26,29)(H,32,33).